The molecule has 1 saturated heterocycles. The SMILES string of the molecule is NCC(F)CCN1CCOCC1. The Hall–Kier alpha value is -0.190. The number of halogens is 1. The van der Waals surface area contributed by atoms with Gasteiger partial charge in [0.1, 0.15) is 6.17 Å². The second kappa shape index (κ2) is 5.45. The van der Waals surface area contributed by atoms with Crippen LogP contribution in [0.25, 0.3) is 0 Å². The molecule has 2 N–H and O–H groups in total. The minimum absolute atomic E-state index is 0.143. The molecule has 1 atom stereocenters. The summed E-state index contributed by atoms with van der Waals surface area (Å²) in [5.74, 6) is 0. The molecule has 0 spiro atoms. The number of nitrogens with zero attached hydrogens (tertiary/aromatic N) is 1. The number of alkyl halides is 1. The quantitative estimate of drug-likeness (QED) is 0.655. The van der Waals surface area contributed by atoms with E-state index in [4.69, 9.17) is 10.5 Å². The molecule has 1 aliphatic rings. The van der Waals surface area contributed by atoms with Crippen molar-refractivity contribution in [1.82, 2.24) is 4.90 Å². The topological polar surface area (TPSA) is 38.5 Å². The molecular weight excluding hydrogens is 159 g/mol. The van der Waals surface area contributed by atoms with Crippen molar-refractivity contribution in [2.24, 2.45) is 5.73 Å². The fourth-order valence-corrected chi connectivity index (χ4v) is 1.27. The van der Waals surface area contributed by atoms with Crippen molar-refractivity contribution in [2.45, 2.75) is 12.6 Å². The summed E-state index contributed by atoms with van der Waals surface area (Å²) in [7, 11) is 0. The average molecular weight is 176 g/mol. The maximum atomic E-state index is 12.7. The Morgan fingerprint density at radius 3 is 2.67 bits per heavy atom. The van der Waals surface area contributed by atoms with Crippen LogP contribution in [0.2, 0.25) is 0 Å². The van der Waals surface area contributed by atoms with Crippen LogP contribution < -0.4 is 5.73 Å². The molecule has 0 aromatic heterocycles. The molecule has 1 unspecified atom stereocenters. The van der Waals surface area contributed by atoms with Crippen LogP contribution in [0.1, 0.15) is 6.42 Å². The van der Waals surface area contributed by atoms with Gasteiger partial charge in [-0.05, 0) is 6.42 Å². The first-order valence-electron chi connectivity index (χ1n) is 4.47. The smallest absolute Gasteiger partial charge is 0.113 e. The summed E-state index contributed by atoms with van der Waals surface area (Å²) in [5, 5.41) is 0. The Kier molecular flexibility index (Phi) is 4.50. The van der Waals surface area contributed by atoms with Crippen molar-refractivity contribution in [3.63, 3.8) is 0 Å². The van der Waals surface area contributed by atoms with Crippen LogP contribution in [-0.4, -0.2) is 50.5 Å². The highest BCUT2D eigenvalue weighted by molar-refractivity contribution is 4.65. The monoisotopic (exact) mass is 176 g/mol. The van der Waals surface area contributed by atoms with Gasteiger partial charge in [-0.15, -0.1) is 0 Å². The van der Waals surface area contributed by atoms with E-state index in [1.165, 1.54) is 0 Å². The van der Waals surface area contributed by atoms with Gasteiger partial charge in [0.25, 0.3) is 0 Å². The van der Waals surface area contributed by atoms with Crippen molar-refractivity contribution in [1.29, 1.82) is 0 Å². The summed E-state index contributed by atoms with van der Waals surface area (Å²) in [6, 6.07) is 0. The van der Waals surface area contributed by atoms with Gasteiger partial charge in [-0.1, -0.05) is 0 Å². The average Bonchev–Trinajstić information content (AvgIpc) is 2.16. The lowest BCUT2D eigenvalue weighted by Crippen LogP contribution is -2.38. The van der Waals surface area contributed by atoms with E-state index in [-0.39, 0.29) is 6.54 Å². The van der Waals surface area contributed by atoms with Gasteiger partial charge in [-0.25, -0.2) is 4.39 Å². The minimum atomic E-state index is -0.840. The van der Waals surface area contributed by atoms with Crippen LogP contribution in [0.15, 0.2) is 0 Å². The van der Waals surface area contributed by atoms with Crippen molar-refractivity contribution in [3.05, 3.63) is 0 Å². The number of nitrogens with two attached hydrogens (primary N) is 1. The molecule has 0 aromatic carbocycles. The largest absolute Gasteiger partial charge is 0.379 e. The molecule has 72 valence electrons. The Bertz CT molecular complexity index is 118. The van der Waals surface area contributed by atoms with Gasteiger partial charge in [0.2, 0.25) is 0 Å². The van der Waals surface area contributed by atoms with Gasteiger partial charge in [0.05, 0.1) is 13.2 Å². The van der Waals surface area contributed by atoms with Crippen molar-refractivity contribution >= 4 is 0 Å². The van der Waals surface area contributed by atoms with E-state index < -0.39 is 6.17 Å². The van der Waals surface area contributed by atoms with E-state index in [0.717, 1.165) is 32.8 Å². The number of rotatable bonds is 4. The Morgan fingerprint density at radius 1 is 1.42 bits per heavy atom. The molecule has 0 amide bonds. The third-order valence-electron chi connectivity index (χ3n) is 2.12. The molecule has 1 heterocycles. The molecule has 4 heteroatoms. The maximum absolute atomic E-state index is 12.7. The highest BCUT2D eigenvalue weighted by Crippen LogP contribution is 2.01. The standard InChI is InChI=1S/C8H17FN2O/c9-8(7-10)1-2-11-3-5-12-6-4-11/h8H,1-7,10H2. The van der Waals surface area contributed by atoms with Crippen molar-refractivity contribution < 1.29 is 9.13 Å². The lowest BCUT2D eigenvalue weighted by Gasteiger charge is -2.26. The third-order valence-corrected chi connectivity index (χ3v) is 2.12. The predicted octanol–water partition coefficient (Wildman–Crippen LogP) is 0.00550. The summed E-state index contributed by atoms with van der Waals surface area (Å²) >= 11 is 0. The van der Waals surface area contributed by atoms with E-state index in [1.54, 1.807) is 0 Å². The summed E-state index contributed by atoms with van der Waals surface area (Å²) in [6.07, 6.45) is -0.288. The van der Waals surface area contributed by atoms with Gasteiger partial charge < -0.3 is 10.5 Å². The fourth-order valence-electron chi connectivity index (χ4n) is 1.27. The van der Waals surface area contributed by atoms with Crippen molar-refractivity contribution in [3.8, 4) is 0 Å². The lowest BCUT2D eigenvalue weighted by atomic mass is 10.2. The van der Waals surface area contributed by atoms with Gasteiger partial charge in [-0.3, -0.25) is 4.90 Å². The first-order valence-corrected chi connectivity index (χ1v) is 4.47. The van der Waals surface area contributed by atoms with Crippen molar-refractivity contribution in [2.75, 3.05) is 39.4 Å². The van der Waals surface area contributed by atoms with Crippen LogP contribution in [0, 0.1) is 0 Å². The van der Waals surface area contributed by atoms with Crippen LogP contribution in [0.3, 0.4) is 0 Å². The third kappa shape index (κ3) is 3.47. The van der Waals surface area contributed by atoms with E-state index in [9.17, 15) is 4.39 Å². The zero-order valence-corrected chi connectivity index (χ0v) is 7.34. The number of hydrogen-bond donors (Lipinski definition) is 1. The second-order valence-corrected chi connectivity index (χ2v) is 3.08. The zero-order chi connectivity index (χ0) is 8.81. The molecule has 1 aliphatic heterocycles. The lowest BCUT2D eigenvalue weighted by molar-refractivity contribution is 0.0345. The van der Waals surface area contributed by atoms with Crippen LogP contribution >= 0.6 is 0 Å². The van der Waals surface area contributed by atoms with Gasteiger partial charge in [0.15, 0.2) is 0 Å². The zero-order valence-electron chi connectivity index (χ0n) is 7.34. The molecule has 1 rings (SSSR count). The highest BCUT2D eigenvalue weighted by atomic mass is 19.1. The number of hydrogen-bond acceptors (Lipinski definition) is 3. The number of morpholine rings is 1. The van der Waals surface area contributed by atoms with Gasteiger partial charge >= 0.3 is 0 Å². The van der Waals surface area contributed by atoms with Crippen LogP contribution in [0.4, 0.5) is 4.39 Å². The molecule has 0 aliphatic carbocycles. The Labute approximate surface area is 72.7 Å². The van der Waals surface area contributed by atoms with E-state index in [1.807, 2.05) is 0 Å². The predicted molar refractivity (Wildman–Crippen MR) is 45.8 cm³/mol. The summed E-state index contributed by atoms with van der Waals surface area (Å²) < 4.78 is 17.9. The van der Waals surface area contributed by atoms with Crippen LogP contribution in [-0.2, 0) is 4.74 Å². The Morgan fingerprint density at radius 2 is 2.08 bits per heavy atom. The normalized spacial score (nSPS) is 22.5. The molecular formula is C8H17FN2O. The first kappa shape index (κ1) is 9.89. The first-order chi connectivity index (χ1) is 5.83. The van der Waals surface area contributed by atoms with E-state index >= 15 is 0 Å². The molecule has 0 bridgehead atoms. The molecule has 0 radical (unpaired) electrons. The van der Waals surface area contributed by atoms with E-state index in [2.05, 4.69) is 4.90 Å². The number of ether oxygens (including phenoxy) is 1. The fraction of sp³-hybridized carbons (Fsp3) is 1.00. The van der Waals surface area contributed by atoms with Gasteiger partial charge in [0, 0.05) is 26.2 Å². The molecule has 3 nitrogen and oxygen atoms in total. The Balaban J connectivity index is 2.05. The summed E-state index contributed by atoms with van der Waals surface area (Å²) in [5.41, 5.74) is 5.17. The minimum Gasteiger partial charge on any atom is -0.379 e. The molecule has 12 heavy (non-hydrogen) atoms. The maximum Gasteiger partial charge on any atom is 0.113 e. The molecule has 1 fully saturated rings. The second-order valence-electron chi connectivity index (χ2n) is 3.08. The van der Waals surface area contributed by atoms with Gasteiger partial charge in [-0.2, -0.15) is 0 Å². The van der Waals surface area contributed by atoms with Crippen LogP contribution in [0.5, 0.6) is 0 Å². The molecule has 0 saturated carbocycles. The molecule has 0 aromatic rings. The highest BCUT2D eigenvalue weighted by Gasteiger charge is 2.11. The summed E-state index contributed by atoms with van der Waals surface area (Å²) in [6.45, 7) is 4.36. The summed E-state index contributed by atoms with van der Waals surface area (Å²) in [4.78, 5) is 2.21. The van der Waals surface area contributed by atoms with E-state index in [0.29, 0.717) is 6.42 Å².